The summed E-state index contributed by atoms with van der Waals surface area (Å²) in [7, 11) is 0. The molecule has 0 aliphatic rings. The van der Waals surface area contributed by atoms with Crippen LogP contribution in [-0.2, 0) is 11.3 Å². The van der Waals surface area contributed by atoms with Crippen LogP contribution in [0.3, 0.4) is 0 Å². The average molecular weight is 373 g/mol. The third kappa shape index (κ3) is 4.54. The minimum atomic E-state index is -1.37. The topological polar surface area (TPSA) is 76.9 Å². The first-order valence-corrected chi connectivity index (χ1v) is 8.30. The first kappa shape index (κ1) is 18.9. The Bertz CT molecular complexity index is 803. The van der Waals surface area contributed by atoms with Gasteiger partial charge in [-0.25, -0.2) is 0 Å². The van der Waals surface area contributed by atoms with Gasteiger partial charge in [0.25, 0.3) is 0 Å². The van der Waals surface area contributed by atoms with Crippen LogP contribution < -0.4 is 5.73 Å². The molecule has 0 aromatic heterocycles. The minimum Gasteiger partial charge on any atom is -0.398 e. The van der Waals surface area contributed by atoms with Gasteiger partial charge in [-0.2, -0.15) is 5.26 Å². The van der Waals surface area contributed by atoms with E-state index >= 15 is 0 Å². The predicted molar refractivity (Wildman–Crippen MR) is 104 cm³/mol. The minimum absolute atomic E-state index is 0.0821. The number of benzene rings is 2. The van der Waals surface area contributed by atoms with Crippen LogP contribution in [0.5, 0.6) is 0 Å². The lowest BCUT2D eigenvalue weighted by Gasteiger charge is -2.26. The fraction of sp³-hybridized carbons (Fsp3) is 0.158. The number of alkyl halides is 1. The second kappa shape index (κ2) is 8.06. The lowest BCUT2D eigenvalue weighted by Crippen LogP contribution is -2.33. The van der Waals surface area contributed by atoms with Gasteiger partial charge in [-0.3, -0.25) is 5.41 Å². The van der Waals surface area contributed by atoms with E-state index in [0.717, 1.165) is 17.5 Å². The molecular formula is C19H18Cl2N4. The molecule has 0 radical (unpaired) electrons. The number of halogens is 2. The summed E-state index contributed by atoms with van der Waals surface area (Å²) in [4.78, 5) is 0.0614. The van der Waals surface area contributed by atoms with Crippen molar-refractivity contribution in [3.8, 4) is 6.07 Å². The molecule has 0 heterocycles. The second-order valence-electron chi connectivity index (χ2n) is 5.62. The summed E-state index contributed by atoms with van der Waals surface area (Å²) in [5.74, 6) is 0. The normalized spacial score (nSPS) is 12.7. The molecule has 0 fully saturated rings. The highest BCUT2D eigenvalue weighted by atomic mass is 35.5. The van der Waals surface area contributed by atoms with Crippen molar-refractivity contribution in [1.29, 1.82) is 10.7 Å². The number of nitrogens with two attached hydrogens (primary N) is 1. The van der Waals surface area contributed by atoms with E-state index in [4.69, 9.17) is 34.3 Å². The Morgan fingerprint density at radius 2 is 1.88 bits per heavy atom. The van der Waals surface area contributed by atoms with Gasteiger partial charge in [-0.1, -0.05) is 54.0 Å². The monoisotopic (exact) mass is 372 g/mol. The van der Waals surface area contributed by atoms with Gasteiger partial charge >= 0.3 is 0 Å². The van der Waals surface area contributed by atoms with Gasteiger partial charge in [0.15, 0.2) is 4.87 Å². The van der Waals surface area contributed by atoms with Gasteiger partial charge in [0.05, 0.1) is 19.0 Å². The van der Waals surface area contributed by atoms with Crippen molar-refractivity contribution in [2.24, 2.45) is 0 Å². The van der Waals surface area contributed by atoms with E-state index in [1.807, 2.05) is 36.4 Å². The number of nitrogen functional groups attached to an aromatic ring is 1. The molecule has 0 amide bonds. The molecule has 128 valence electrons. The van der Waals surface area contributed by atoms with E-state index in [2.05, 4.69) is 12.6 Å². The molecule has 0 aliphatic heterocycles. The molecule has 0 aliphatic carbocycles. The zero-order valence-corrected chi connectivity index (χ0v) is 15.1. The Morgan fingerprint density at radius 1 is 1.24 bits per heavy atom. The van der Waals surface area contributed by atoms with Crippen molar-refractivity contribution in [3.05, 3.63) is 77.0 Å². The Labute approximate surface area is 157 Å². The van der Waals surface area contributed by atoms with Gasteiger partial charge in [0.1, 0.15) is 0 Å². The van der Waals surface area contributed by atoms with E-state index < -0.39 is 4.87 Å². The van der Waals surface area contributed by atoms with Gasteiger partial charge in [0.2, 0.25) is 0 Å². The van der Waals surface area contributed by atoms with Crippen LogP contribution in [0.15, 0.2) is 55.2 Å². The third-order valence-corrected chi connectivity index (χ3v) is 4.50. The molecule has 25 heavy (non-hydrogen) atoms. The van der Waals surface area contributed by atoms with E-state index in [0.29, 0.717) is 22.7 Å². The van der Waals surface area contributed by atoms with Crippen molar-refractivity contribution >= 4 is 35.2 Å². The fourth-order valence-electron chi connectivity index (χ4n) is 2.52. The maximum Gasteiger partial charge on any atom is 0.175 e. The summed E-state index contributed by atoms with van der Waals surface area (Å²) >= 11 is 12.4. The Morgan fingerprint density at radius 3 is 2.40 bits per heavy atom. The maximum atomic E-state index is 9.55. The largest absolute Gasteiger partial charge is 0.398 e. The molecule has 2 aromatic rings. The van der Waals surface area contributed by atoms with Crippen LogP contribution >= 0.6 is 23.2 Å². The molecule has 6 heteroatoms. The molecule has 0 bridgehead atoms. The molecule has 4 nitrogen and oxygen atoms in total. The standard InChI is InChI=1S/C19H18Cl2N4/c1-2-25(13-23)12-19(21,11-22)17-8-5-15(10-18(17)24)9-14-3-6-16(20)7-4-14/h2-8,10,13,23H,1,9,12,24H2. The lowest BCUT2D eigenvalue weighted by atomic mass is 9.94. The molecule has 2 aromatic carbocycles. The summed E-state index contributed by atoms with van der Waals surface area (Å²) in [6.45, 7) is 3.68. The van der Waals surface area contributed by atoms with Gasteiger partial charge < -0.3 is 10.6 Å². The number of hydrogen-bond donors (Lipinski definition) is 2. The highest BCUT2D eigenvalue weighted by molar-refractivity contribution is 6.30. The highest BCUT2D eigenvalue weighted by Crippen LogP contribution is 2.34. The van der Waals surface area contributed by atoms with Crippen LogP contribution in [0.2, 0.25) is 5.02 Å². The summed E-state index contributed by atoms with van der Waals surface area (Å²) in [5.41, 5.74) is 9.24. The molecule has 0 spiro atoms. The Balaban J connectivity index is 2.28. The summed E-state index contributed by atoms with van der Waals surface area (Å²) in [6, 6.07) is 15.2. The van der Waals surface area contributed by atoms with Crippen molar-refractivity contribution in [3.63, 3.8) is 0 Å². The van der Waals surface area contributed by atoms with E-state index in [1.54, 1.807) is 6.07 Å². The van der Waals surface area contributed by atoms with Crippen molar-refractivity contribution in [2.75, 3.05) is 12.3 Å². The second-order valence-corrected chi connectivity index (χ2v) is 6.70. The van der Waals surface area contributed by atoms with Crippen LogP contribution in [0.4, 0.5) is 5.69 Å². The van der Waals surface area contributed by atoms with Crippen molar-refractivity contribution in [1.82, 2.24) is 4.90 Å². The van der Waals surface area contributed by atoms with E-state index in [9.17, 15) is 5.26 Å². The van der Waals surface area contributed by atoms with Crippen LogP contribution in [0, 0.1) is 16.7 Å². The van der Waals surface area contributed by atoms with Gasteiger partial charge in [-0.15, -0.1) is 0 Å². The smallest absolute Gasteiger partial charge is 0.175 e. The van der Waals surface area contributed by atoms with Crippen molar-refractivity contribution in [2.45, 2.75) is 11.3 Å². The molecule has 0 saturated carbocycles. The number of hydrogen-bond acceptors (Lipinski definition) is 3. The lowest BCUT2D eigenvalue weighted by molar-refractivity contribution is 0.514. The van der Waals surface area contributed by atoms with Gasteiger partial charge in [-0.05, 0) is 41.9 Å². The first-order valence-electron chi connectivity index (χ1n) is 7.54. The maximum absolute atomic E-state index is 9.55. The quantitative estimate of drug-likeness (QED) is 0.324. The molecular weight excluding hydrogens is 355 g/mol. The van der Waals surface area contributed by atoms with Crippen LogP contribution in [0.1, 0.15) is 16.7 Å². The molecule has 3 N–H and O–H groups in total. The molecule has 1 atom stereocenters. The average Bonchev–Trinajstić information content (AvgIpc) is 2.61. The van der Waals surface area contributed by atoms with Crippen LogP contribution in [0.25, 0.3) is 0 Å². The number of nitrogens with one attached hydrogen (secondary N) is 1. The predicted octanol–water partition coefficient (Wildman–Crippen LogP) is 4.52. The fourth-order valence-corrected chi connectivity index (χ4v) is 2.95. The van der Waals surface area contributed by atoms with E-state index in [1.165, 1.54) is 11.1 Å². The number of nitrogens with zero attached hydrogens (tertiary/aromatic N) is 2. The van der Waals surface area contributed by atoms with Gasteiger partial charge in [0, 0.05) is 16.3 Å². The summed E-state index contributed by atoms with van der Waals surface area (Å²) < 4.78 is 0. The molecule has 0 saturated heterocycles. The summed E-state index contributed by atoms with van der Waals surface area (Å²) in [5, 5.41) is 17.6. The van der Waals surface area contributed by atoms with Crippen molar-refractivity contribution < 1.29 is 0 Å². The first-order chi connectivity index (χ1) is 11.9. The number of nitriles is 1. The number of anilines is 1. The molecule has 1 unspecified atom stereocenters. The third-order valence-electron chi connectivity index (χ3n) is 3.84. The summed E-state index contributed by atoms with van der Waals surface area (Å²) in [6.07, 6.45) is 3.20. The zero-order chi connectivity index (χ0) is 18.4. The Hall–Kier alpha value is -2.48. The Kier molecular flexibility index (Phi) is 6.08. The highest BCUT2D eigenvalue weighted by Gasteiger charge is 2.33. The zero-order valence-electron chi connectivity index (χ0n) is 13.5. The van der Waals surface area contributed by atoms with Crippen LogP contribution in [-0.4, -0.2) is 17.8 Å². The van der Waals surface area contributed by atoms with E-state index in [-0.39, 0.29) is 6.54 Å². The SMILES string of the molecule is C=CN(C=N)CC(Cl)(C#N)c1ccc(Cc2ccc(Cl)cc2)cc1N. The molecule has 2 rings (SSSR count). The number of rotatable bonds is 7.